The molecule has 47 valence electrons. The zero-order valence-corrected chi connectivity index (χ0v) is 4.39. The lowest BCUT2D eigenvalue weighted by atomic mass is 10.6. The summed E-state index contributed by atoms with van der Waals surface area (Å²) in [6.07, 6.45) is 1.04. The van der Waals surface area contributed by atoms with Gasteiger partial charge in [-0.15, -0.1) is 0 Å². The first kappa shape index (κ1) is 5.61. The molecule has 0 aliphatic carbocycles. The van der Waals surface area contributed by atoms with Crippen LogP contribution >= 0.6 is 0 Å². The first-order valence-electron chi connectivity index (χ1n) is 2.24. The molecule has 1 heterocycles. The Hall–Kier alpha value is -1.52. The van der Waals surface area contributed by atoms with Gasteiger partial charge in [-0.3, -0.25) is 15.5 Å². The Kier molecular flexibility index (Phi) is 1.11. The predicted molar refractivity (Wildman–Crippen MR) is 30.4 cm³/mol. The Balaban J connectivity index is 3.52. The van der Waals surface area contributed by atoms with Gasteiger partial charge in [0.25, 0.3) is 5.56 Å². The largest absolute Gasteiger partial charge is 0.325 e. The molecule has 0 atom stereocenters. The molecular formula is C4H4N3O2. The summed E-state index contributed by atoms with van der Waals surface area (Å²) in [5.74, 6) is 0. The van der Waals surface area contributed by atoms with E-state index in [1.807, 2.05) is 4.98 Å². The Morgan fingerprint density at radius 2 is 2.11 bits per heavy atom. The predicted octanol–water partition coefficient (Wildman–Crippen LogP) is -1.02. The van der Waals surface area contributed by atoms with Gasteiger partial charge in [0.1, 0.15) is 5.69 Å². The molecule has 1 radical (unpaired) electrons. The fourth-order valence-corrected chi connectivity index (χ4v) is 0.410. The van der Waals surface area contributed by atoms with Crippen molar-refractivity contribution in [3.63, 3.8) is 0 Å². The molecule has 1 aromatic heterocycles. The van der Waals surface area contributed by atoms with E-state index in [9.17, 15) is 9.59 Å². The minimum atomic E-state index is -0.668. The highest BCUT2D eigenvalue weighted by molar-refractivity contribution is 5.23. The normalized spacial score (nSPS) is 9.33. The summed E-state index contributed by atoms with van der Waals surface area (Å²) in [4.78, 5) is 24.7. The molecular weight excluding hydrogens is 122 g/mol. The molecule has 3 N–H and O–H groups in total. The van der Waals surface area contributed by atoms with Gasteiger partial charge < -0.3 is 4.98 Å². The lowest BCUT2D eigenvalue weighted by Crippen LogP contribution is -2.21. The van der Waals surface area contributed by atoms with Gasteiger partial charge in [-0.2, -0.15) is 0 Å². The number of nitrogens with one attached hydrogen (secondary N) is 3. The number of aromatic amines is 2. The van der Waals surface area contributed by atoms with Crippen molar-refractivity contribution in [2.75, 3.05) is 0 Å². The molecule has 0 amide bonds. The van der Waals surface area contributed by atoms with Crippen LogP contribution in [0.3, 0.4) is 0 Å². The molecule has 0 aliphatic rings. The lowest BCUT2D eigenvalue weighted by Gasteiger charge is -1.83. The summed E-state index contributed by atoms with van der Waals surface area (Å²) in [6.45, 7) is 0. The van der Waals surface area contributed by atoms with Crippen LogP contribution in [-0.2, 0) is 0 Å². The Morgan fingerprint density at radius 1 is 1.44 bits per heavy atom. The second-order valence-corrected chi connectivity index (χ2v) is 1.49. The third-order valence-electron chi connectivity index (χ3n) is 0.819. The molecule has 0 unspecified atom stereocenters. The topological polar surface area (TPSA) is 89.5 Å². The number of H-pyrrole nitrogens is 2. The van der Waals surface area contributed by atoms with Crippen LogP contribution in [-0.4, -0.2) is 9.97 Å². The molecule has 1 aromatic rings. The number of aromatic nitrogens is 2. The SMILES string of the molecule is [NH]c1c[nH]c(=O)[nH]c1=O. The smallest absolute Gasteiger partial charge is 0.312 e. The van der Waals surface area contributed by atoms with Crippen molar-refractivity contribution < 1.29 is 0 Å². The molecule has 0 bridgehead atoms. The number of hydrogen-bond acceptors (Lipinski definition) is 2. The van der Waals surface area contributed by atoms with Crippen LogP contribution < -0.4 is 17.0 Å². The maximum atomic E-state index is 10.4. The van der Waals surface area contributed by atoms with Crippen LogP contribution in [0.5, 0.6) is 0 Å². The molecule has 0 fully saturated rings. The molecule has 5 heteroatoms. The van der Waals surface area contributed by atoms with Crippen molar-refractivity contribution in [2.45, 2.75) is 0 Å². The van der Waals surface area contributed by atoms with E-state index in [4.69, 9.17) is 5.73 Å². The third-order valence-corrected chi connectivity index (χ3v) is 0.819. The minimum Gasteiger partial charge on any atom is -0.312 e. The first-order chi connectivity index (χ1) is 4.20. The zero-order valence-electron chi connectivity index (χ0n) is 4.39. The second-order valence-electron chi connectivity index (χ2n) is 1.49. The van der Waals surface area contributed by atoms with Crippen molar-refractivity contribution in [1.29, 1.82) is 0 Å². The summed E-state index contributed by atoms with van der Waals surface area (Å²) in [5, 5.41) is 0. The van der Waals surface area contributed by atoms with Crippen molar-refractivity contribution in [3.8, 4) is 0 Å². The fourth-order valence-electron chi connectivity index (χ4n) is 0.410. The minimum absolute atomic E-state index is 0.241. The second kappa shape index (κ2) is 1.77. The monoisotopic (exact) mass is 126 g/mol. The zero-order chi connectivity index (χ0) is 6.85. The van der Waals surface area contributed by atoms with Crippen LogP contribution in [0, 0.1) is 0 Å². The summed E-state index contributed by atoms with van der Waals surface area (Å²) in [5.41, 5.74) is 5.31. The van der Waals surface area contributed by atoms with Gasteiger partial charge >= 0.3 is 5.69 Å². The van der Waals surface area contributed by atoms with Crippen LogP contribution in [0.25, 0.3) is 0 Å². The maximum absolute atomic E-state index is 10.4. The van der Waals surface area contributed by atoms with E-state index in [0.29, 0.717) is 0 Å². The van der Waals surface area contributed by atoms with Gasteiger partial charge in [0.2, 0.25) is 0 Å². The van der Waals surface area contributed by atoms with Crippen molar-refractivity contribution in [2.24, 2.45) is 0 Å². The fraction of sp³-hybridized carbons (Fsp3) is 0. The van der Waals surface area contributed by atoms with E-state index in [0.717, 1.165) is 6.20 Å². The first-order valence-corrected chi connectivity index (χ1v) is 2.24. The average Bonchev–Trinajstić information content (AvgIpc) is 1.80. The van der Waals surface area contributed by atoms with Gasteiger partial charge in [0.05, 0.1) is 0 Å². The molecule has 0 spiro atoms. The number of hydrogen-bond donors (Lipinski definition) is 2. The highest BCUT2D eigenvalue weighted by atomic mass is 16.2. The van der Waals surface area contributed by atoms with Crippen molar-refractivity contribution in [3.05, 3.63) is 27.0 Å². The molecule has 0 saturated carbocycles. The standard InChI is InChI=1S/C4H4N3O2/c5-2-1-6-4(9)7-3(2)8/h1,5H,(H2,6,7,8,9). The summed E-state index contributed by atoms with van der Waals surface area (Å²) >= 11 is 0. The Labute approximate surface area is 49.5 Å². The number of rotatable bonds is 0. The molecule has 0 aromatic carbocycles. The molecule has 0 saturated heterocycles. The van der Waals surface area contributed by atoms with E-state index in [1.165, 1.54) is 0 Å². The van der Waals surface area contributed by atoms with Gasteiger partial charge in [0, 0.05) is 6.20 Å². The van der Waals surface area contributed by atoms with Crippen molar-refractivity contribution >= 4 is 5.69 Å². The highest BCUT2D eigenvalue weighted by Gasteiger charge is 1.90. The quantitative estimate of drug-likeness (QED) is 0.465. The molecule has 9 heavy (non-hydrogen) atoms. The van der Waals surface area contributed by atoms with Crippen LogP contribution in [0.15, 0.2) is 15.8 Å². The highest BCUT2D eigenvalue weighted by Crippen LogP contribution is 1.80. The molecule has 1 rings (SSSR count). The van der Waals surface area contributed by atoms with Gasteiger partial charge in [-0.1, -0.05) is 0 Å². The molecule has 5 nitrogen and oxygen atoms in total. The van der Waals surface area contributed by atoms with Crippen LogP contribution in [0.1, 0.15) is 0 Å². The van der Waals surface area contributed by atoms with Gasteiger partial charge in [0.15, 0.2) is 0 Å². The maximum Gasteiger partial charge on any atom is 0.325 e. The van der Waals surface area contributed by atoms with E-state index < -0.39 is 11.2 Å². The summed E-state index contributed by atoms with van der Waals surface area (Å²) in [6, 6.07) is 0. The third kappa shape index (κ3) is 0.987. The Morgan fingerprint density at radius 3 is 2.56 bits per heavy atom. The van der Waals surface area contributed by atoms with Gasteiger partial charge in [-0.25, -0.2) is 4.79 Å². The lowest BCUT2D eigenvalue weighted by molar-refractivity contribution is 1.03. The van der Waals surface area contributed by atoms with E-state index >= 15 is 0 Å². The summed E-state index contributed by atoms with van der Waals surface area (Å²) in [7, 11) is 0. The average molecular weight is 126 g/mol. The summed E-state index contributed by atoms with van der Waals surface area (Å²) < 4.78 is 0. The Bertz CT molecular complexity index is 310. The van der Waals surface area contributed by atoms with E-state index in [-0.39, 0.29) is 5.69 Å². The van der Waals surface area contributed by atoms with E-state index in [2.05, 4.69) is 4.98 Å². The van der Waals surface area contributed by atoms with Crippen LogP contribution in [0.4, 0.5) is 5.69 Å². The van der Waals surface area contributed by atoms with Crippen molar-refractivity contribution in [1.82, 2.24) is 15.7 Å². The van der Waals surface area contributed by atoms with Gasteiger partial charge in [-0.05, 0) is 0 Å². The van der Waals surface area contributed by atoms with E-state index in [1.54, 1.807) is 0 Å². The molecule has 0 aliphatic heterocycles. The van der Waals surface area contributed by atoms with Crippen LogP contribution in [0.2, 0.25) is 0 Å².